The predicted molar refractivity (Wildman–Crippen MR) is 95.3 cm³/mol. The first-order chi connectivity index (χ1) is 11.0. The minimum Gasteiger partial charge on any atom is -0.444 e. The summed E-state index contributed by atoms with van der Waals surface area (Å²) in [6, 6.07) is 3.23. The van der Waals surface area contributed by atoms with E-state index in [2.05, 4.69) is 10.2 Å². The van der Waals surface area contributed by atoms with Gasteiger partial charge in [-0.3, -0.25) is 9.36 Å². The number of nitrogens with zero attached hydrogens (tertiary/aromatic N) is 2. The lowest BCUT2D eigenvalue weighted by Gasteiger charge is -2.41. The number of amides is 1. The molecule has 0 atom stereocenters. The molecule has 0 spiro atoms. The first kappa shape index (κ1) is 18.2. The molecule has 1 aliphatic rings. The summed E-state index contributed by atoms with van der Waals surface area (Å²) in [5, 5.41) is 2.98. The summed E-state index contributed by atoms with van der Waals surface area (Å²) in [4.78, 5) is 26.0. The number of hydrogen-bond acceptors (Lipinski definition) is 5. The zero-order valence-corrected chi connectivity index (χ0v) is 15.2. The average molecular weight is 336 g/mol. The summed E-state index contributed by atoms with van der Waals surface area (Å²) in [6.07, 6.45) is 1.12. The Kier molecular flexibility index (Phi) is 4.82. The van der Waals surface area contributed by atoms with Crippen molar-refractivity contribution < 1.29 is 9.53 Å². The second-order valence-corrected chi connectivity index (χ2v) is 7.72. The normalized spacial score (nSPS) is 17.5. The number of piperidine rings is 1. The highest BCUT2D eigenvalue weighted by atomic mass is 16.6. The molecule has 1 amide bonds. The predicted octanol–water partition coefficient (Wildman–Crippen LogP) is 1.85. The minimum atomic E-state index is -0.513. The topological polar surface area (TPSA) is 89.6 Å². The van der Waals surface area contributed by atoms with Crippen LogP contribution in [-0.4, -0.2) is 34.9 Å². The Hall–Kier alpha value is -2.18. The van der Waals surface area contributed by atoms with Gasteiger partial charge in [0.25, 0.3) is 5.56 Å². The van der Waals surface area contributed by atoms with Crippen molar-refractivity contribution in [1.29, 1.82) is 0 Å². The minimum absolute atomic E-state index is 0.120. The summed E-state index contributed by atoms with van der Waals surface area (Å²) < 4.78 is 6.94. The summed E-state index contributed by atoms with van der Waals surface area (Å²) in [5.74, 6) is 0.805. The molecule has 2 rings (SSSR count). The fourth-order valence-electron chi connectivity index (χ4n) is 2.85. The molecule has 0 aliphatic carbocycles. The second kappa shape index (κ2) is 6.37. The lowest BCUT2D eigenvalue weighted by atomic mass is 9.90. The van der Waals surface area contributed by atoms with E-state index in [9.17, 15) is 9.59 Å². The van der Waals surface area contributed by atoms with Crippen LogP contribution in [-0.2, 0) is 11.8 Å². The standard InChI is InChI=1S/C17H28N4O3/c1-16(2,3)24-15(23)19-17(4)6-8-21(9-7-17)13-10-12(18)11-14(22)20(13)5/h10-11H,6-9,18H2,1-5H3,(H,19,23). The monoisotopic (exact) mass is 336 g/mol. The molecule has 1 saturated heterocycles. The summed E-state index contributed by atoms with van der Waals surface area (Å²) >= 11 is 0. The smallest absolute Gasteiger partial charge is 0.408 e. The van der Waals surface area contributed by atoms with Crippen molar-refractivity contribution in [2.75, 3.05) is 23.7 Å². The van der Waals surface area contributed by atoms with Crippen LogP contribution in [0.3, 0.4) is 0 Å². The molecule has 7 nitrogen and oxygen atoms in total. The highest BCUT2D eigenvalue weighted by Crippen LogP contribution is 2.26. The van der Waals surface area contributed by atoms with Gasteiger partial charge in [-0.2, -0.15) is 0 Å². The van der Waals surface area contributed by atoms with Gasteiger partial charge in [0.05, 0.1) is 0 Å². The highest BCUT2D eigenvalue weighted by molar-refractivity contribution is 5.68. The number of rotatable bonds is 2. The van der Waals surface area contributed by atoms with Gasteiger partial charge < -0.3 is 20.7 Å². The summed E-state index contributed by atoms with van der Waals surface area (Å²) in [7, 11) is 1.74. The first-order valence-electron chi connectivity index (χ1n) is 8.22. The molecular weight excluding hydrogens is 308 g/mol. The van der Waals surface area contributed by atoms with Crippen LogP contribution in [0.1, 0.15) is 40.5 Å². The van der Waals surface area contributed by atoms with Crippen LogP contribution in [0.15, 0.2) is 16.9 Å². The molecule has 1 aromatic heterocycles. The Labute approximate surface area is 142 Å². The van der Waals surface area contributed by atoms with Gasteiger partial charge in [-0.15, -0.1) is 0 Å². The number of carbonyl (C=O) groups is 1. The van der Waals surface area contributed by atoms with Crippen LogP contribution in [0.4, 0.5) is 16.3 Å². The van der Waals surface area contributed by atoms with Crippen LogP contribution in [0.5, 0.6) is 0 Å². The summed E-state index contributed by atoms with van der Waals surface area (Å²) in [6.45, 7) is 9.01. The van der Waals surface area contributed by atoms with E-state index in [1.54, 1.807) is 11.6 Å². The number of hydrogen-bond donors (Lipinski definition) is 2. The molecule has 2 heterocycles. The molecule has 7 heteroatoms. The van der Waals surface area contributed by atoms with E-state index in [1.165, 1.54) is 6.07 Å². The fourth-order valence-corrected chi connectivity index (χ4v) is 2.85. The number of nitrogens with two attached hydrogens (primary N) is 1. The van der Waals surface area contributed by atoms with E-state index in [0.29, 0.717) is 5.69 Å². The maximum absolute atomic E-state index is 12.0. The Morgan fingerprint density at radius 3 is 2.42 bits per heavy atom. The Bertz CT molecular complexity index is 667. The van der Waals surface area contributed by atoms with E-state index in [-0.39, 0.29) is 11.1 Å². The van der Waals surface area contributed by atoms with Crippen LogP contribution in [0.25, 0.3) is 0 Å². The van der Waals surface area contributed by atoms with Gasteiger partial charge in [0.2, 0.25) is 0 Å². The van der Waals surface area contributed by atoms with Gasteiger partial charge in [0.1, 0.15) is 11.4 Å². The largest absolute Gasteiger partial charge is 0.444 e. The van der Waals surface area contributed by atoms with Crippen molar-refractivity contribution in [1.82, 2.24) is 9.88 Å². The van der Waals surface area contributed by atoms with Crippen LogP contribution in [0, 0.1) is 0 Å². The molecule has 0 unspecified atom stereocenters. The number of nitrogen functional groups attached to an aromatic ring is 1. The van der Waals surface area contributed by atoms with E-state index in [4.69, 9.17) is 10.5 Å². The van der Waals surface area contributed by atoms with Crippen molar-refractivity contribution in [3.8, 4) is 0 Å². The lowest BCUT2D eigenvalue weighted by molar-refractivity contribution is 0.0448. The molecule has 0 radical (unpaired) electrons. The number of nitrogens with one attached hydrogen (secondary N) is 1. The SMILES string of the molecule is Cn1c(N2CCC(C)(NC(=O)OC(C)(C)C)CC2)cc(N)cc1=O. The second-order valence-electron chi connectivity index (χ2n) is 7.72. The average Bonchev–Trinajstić information content (AvgIpc) is 2.41. The van der Waals surface area contributed by atoms with Gasteiger partial charge >= 0.3 is 6.09 Å². The molecule has 0 bridgehead atoms. The van der Waals surface area contributed by atoms with Crippen molar-refractivity contribution in [3.05, 3.63) is 22.5 Å². The van der Waals surface area contributed by atoms with Gasteiger partial charge in [-0.25, -0.2) is 4.79 Å². The fraction of sp³-hybridized carbons (Fsp3) is 0.647. The van der Waals surface area contributed by atoms with E-state index in [0.717, 1.165) is 31.7 Å². The lowest BCUT2D eigenvalue weighted by Crippen LogP contribution is -2.54. The molecule has 1 aromatic rings. The molecule has 3 N–H and O–H groups in total. The molecule has 1 aliphatic heterocycles. The van der Waals surface area contributed by atoms with Crippen LogP contribution < -0.4 is 21.5 Å². The van der Waals surface area contributed by atoms with Gasteiger partial charge in [-0.05, 0) is 40.5 Å². The Balaban J connectivity index is 2.03. The van der Waals surface area contributed by atoms with Crippen molar-refractivity contribution in [2.45, 2.75) is 51.7 Å². The summed E-state index contributed by atoms with van der Waals surface area (Å²) in [5.41, 5.74) is 5.31. The van der Waals surface area contributed by atoms with Crippen molar-refractivity contribution in [3.63, 3.8) is 0 Å². The number of alkyl carbamates (subject to hydrolysis) is 1. The van der Waals surface area contributed by atoms with Crippen LogP contribution in [0.2, 0.25) is 0 Å². The molecular formula is C17H28N4O3. The molecule has 24 heavy (non-hydrogen) atoms. The van der Waals surface area contributed by atoms with E-state index < -0.39 is 11.7 Å². The molecule has 0 aromatic carbocycles. The first-order valence-corrected chi connectivity index (χ1v) is 8.22. The van der Waals surface area contributed by atoms with Gasteiger partial charge in [-0.1, -0.05) is 0 Å². The highest BCUT2D eigenvalue weighted by Gasteiger charge is 2.33. The maximum atomic E-state index is 12.0. The third kappa shape index (κ3) is 4.43. The number of ether oxygens (including phenoxy) is 1. The van der Waals surface area contributed by atoms with Crippen molar-refractivity contribution >= 4 is 17.6 Å². The quantitative estimate of drug-likeness (QED) is 0.860. The van der Waals surface area contributed by atoms with Gasteiger partial charge in [0.15, 0.2) is 0 Å². The van der Waals surface area contributed by atoms with Gasteiger partial charge in [0, 0.05) is 43.5 Å². The number of carbonyl (C=O) groups excluding carboxylic acids is 1. The molecule has 134 valence electrons. The third-order valence-corrected chi connectivity index (χ3v) is 4.25. The Morgan fingerprint density at radius 2 is 1.88 bits per heavy atom. The third-order valence-electron chi connectivity index (χ3n) is 4.25. The number of anilines is 2. The maximum Gasteiger partial charge on any atom is 0.408 e. The molecule has 1 fully saturated rings. The Morgan fingerprint density at radius 1 is 1.29 bits per heavy atom. The zero-order chi connectivity index (χ0) is 18.1. The van der Waals surface area contributed by atoms with Crippen LogP contribution >= 0.6 is 0 Å². The van der Waals surface area contributed by atoms with Crippen molar-refractivity contribution in [2.24, 2.45) is 7.05 Å². The molecule has 0 saturated carbocycles. The van der Waals surface area contributed by atoms with E-state index >= 15 is 0 Å². The number of aromatic nitrogens is 1. The zero-order valence-electron chi connectivity index (χ0n) is 15.2. The van der Waals surface area contributed by atoms with E-state index in [1.807, 2.05) is 33.8 Å². The number of pyridine rings is 1.